The van der Waals surface area contributed by atoms with E-state index in [4.69, 9.17) is 23.1 Å². The van der Waals surface area contributed by atoms with E-state index in [0.717, 1.165) is 17.9 Å². The Morgan fingerprint density at radius 3 is 2.38 bits per heavy atom. The van der Waals surface area contributed by atoms with Crippen molar-refractivity contribution in [1.29, 1.82) is 0 Å². The molecule has 0 aromatic heterocycles. The molecule has 2 unspecified atom stereocenters. The van der Waals surface area contributed by atoms with Crippen LogP contribution in [-0.4, -0.2) is 12.6 Å². The van der Waals surface area contributed by atoms with E-state index in [9.17, 15) is 0 Å². The summed E-state index contributed by atoms with van der Waals surface area (Å²) in [5, 5.41) is 0.752. The Morgan fingerprint density at radius 1 is 1.25 bits per heavy atom. The zero-order chi connectivity index (χ0) is 12.0. The van der Waals surface area contributed by atoms with Crippen LogP contribution in [0.15, 0.2) is 24.3 Å². The normalized spacial score (nSPS) is 14.8. The fourth-order valence-electron chi connectivity index (χ4n) is 1.91. The van der Waals surface area contributed by atoms with E-state index in [2.05, 4.69) is 6.92 Å². The second-order valence-electron chi connectivity index (χ2n) is 4.20. The highest BCUT2D eigenvalue weighted by atomic mass is 35.5. The van der Waals surface area contributed by atoms with Crippen LogP contribution in [0.4, 0.5) is 0 Å². The molecule has 0 saturated carbocycles. The van der Waals surface area contributed by atoms with Gasteiger partial charge in [-0.2, -0.15) is 0 Å². The lowest BCUT2D eigenvalue weighted by Gasteiger charge is -2.22. The van der Waals surface area contributed by atoms with E-state index in [-0.39, 0.29) is 12.0 Å². The van der Waals surface area contributed by atoms with Crippen LogP contribution in [0, 0.1) is 0 Å². The van der Waals surface area contributed by atoms with Gasteiger partial charge in [-0.3, -0.25) is 0 Å². The molecule has 1 aromatic carbocycles. The summed E-state index contributed by atoms with van der Waals surface area (Å²) in [5.74, 6) is 0.240. The Morgan fingerprint density at radius 2 is 1.88 bits per heavy atom. The third-order valence-electron chi connectivity index (χ3n) is 2.96. The summed E-state index contributed by atoms with van der Waals surface area (Å²) in [6.07, 6.45) is 3.36. The molecular formula is C13H21ClN2. The Hall–Kier alpha value is -0.570. The van der Waals surface area contributed by atoms with Crippen LogP contribution >= 0.6 is 11.6 Å². The first-order valence-electron chi connectivity index (χ1n) is 5.90. The predicted octanol–water partition coefficient (Wildman–Crippen LogP) is 2.90. The zero-order valence-corrected chi connectivity index (χ0v) is 10.6. The average Bonchev–Trinajstić information content (AvgIpc) is 2.30. The first kappa shape index (κ1) is 13.5. The Bertz CT molecular complexity index is 297. The molecule has 0 fully saturated rings. The molecule has 0 aliphatic heterocycles. The fourth-order valence-corrected chi connectivity index (χ4v) is 2.04. The monoisotopic (exact) mass is 240 g/mol. The van der Waals surface area contributed by atoms with Crippen molar-refractivity contribution >= 4 is 11.6 Å². The molecule has 2 nitrogen and oxygen atoms in total. The SMILES string of the molecule is CCCCC(N)C(CN)c1ccc(Cl)cc1. The molecule has 0 heterocycles. The lowest BCUT2D eigenvalue weighted by molar-refractivity contribution is 0.487. The van der Waals surface area contributed by atoms with Crippen LogP contribution in [-0.2, 0) is 0 Å². The molecule has 3 heteroatoms. The van der Waals surface area contributed by atoms with Gasteiger partial charge >= 0.3 is 0 Å². The molecule has 0 aliphatic rings. The van der Waals surface area contributed by atoms with Crippen molar-refractivity contribution in [2.45, 2.75) is 38.1 Å². The number of hydrogen-bond acceptors (Lipinski definition) is 2. The Kier molecular flexibility index (Phi) is 5.81. The van der Waals surface area contributed by atoms with Gasteiger partial charge < -0.3 is 11.5 Å². The number of hydrogen-bond donors (Lipinski definition) is 2. The molecule has 1 aromatic rings. The molecule has 0 saturated heterocycles. The van der Waals surface area contributed by atoms with Crippen LogP contribution in [0.2, 0.25) is 5.02 Å². The average molecular weight is 241 g/mol. The number of halogens is 1. The largest absolute Gasteiger partial charge is 0.330 e. The molecule has 0 aliphatic carbocycles. The van der Waals surface area contributed by atoms with Crippen LogP contribution in [0.1, 0.15) is 37.7 Å². The van der Waals surface area contributed by atoms with Crippen molar-refractivity contribution in [3.05, 3.63) is 34.9 Å². The molecule has 4 N–H and O–H groups in total. The first-order chi connectivity index (χ1) is 7.69. The maximum atomic E-state index is 6.17. The minimum absolute atomic E-state index is 0.145. The Balaban J connectivity index is 2.69. The second-order valence-corrected chi connectivity index (χ2v) is 4.64. The van der Waals surface area contributed by atoms with E-state index >= 15 is 0 Å². The van der Waals surface area contributed by atoms with Gasteiger partial charge in [-0.15, -0.1) is 0 Å². The van der Waals surface area contributed by atoms with Gasteiger partial charge in [-0.05, 0) is 24.1 Å². The summed E-state index contributed by atoms with van der Waals surface area (Å²) in [6, 6.07) is 7.97. The third-order valence-corrected chi connectivity index (χ3v) is 3.21. The van der Waals surface area contributed by atoms with Crippen molar-refractivity contribution in [2.75, 3.05) is 6.54 Å². The van der Waals surface area contributed by atoms with E-state index in [1.807, 2.05) is 24.3 Å². The van der Waals surface area contributed by atoms with Gasteiger partial charge in [0, 0.05) is 23.5 Å². The van der Waals surface area contributed by atoms with Crippen molar-refractivity contribution in [2.24, 2.45) is 11.5 Å². The zero-order valence-electron chi connectivity index (χ0n) is 9.83. The van der Waals surface area contributed by atoms with Gasteiger partial charge in [0.15, 0.2) is 0 Å². The minimum Gasteiger partial charge on any atom is -0.330 e. The molecule has 0 spiro atoms. The number of benzene rings is 1. The Labute approximate surface area is 103 Å². The summed E-state index contributed by atoms with van der Waals surface area (Å²) in [7, 11) is 0. The van der Waals surface area contributed by atoms with Crippen molar-refractivity contribution < 1.29 is 0 Å². The summed E-state index contributed by atoms with van der Waals surface area (Å²) in [6.45, 7) is 2.76. The van der Waals surface area contributed by atoms with Gasteiger partial charge in [-0.25, -0.2) is 0 Å². The topological polar surface area (TPSA) is 52.0 Å². The maximum Gasteiger partial charge on any atom is 0.0406 e. The van der Waals surface area contributed by atoms with Gasteiger partial charge in [0.05, 0.1) is 0 Å². The molecule has 90 valence electrons. The van der Waals surface area contributed by atoms with Gasteiger partial charge in [0.1, 0.15) is 0 Å². The van der Waals surface area contributed by atoms with Crippen molar-refractivity contribution in [3.63, 3.8) is 0 Å². The molecule has 16 heavy (non-hydrogen) atoms. The number of rotatable bonds is 6. The first-order valence-corrected chi connectivity index (χ1v) is 6.28. The molecular weight excluding hydrogens is 220 g/mol. The van der Waals surface area contributed by atoms with E-state index in [0.29, 0.717) is 6.54 Å². The minimum atomic E-state index is 0.145. The predicted molar refractivity (Wildman–Crippen MR) is 70.7 cm³/mol. The van der Waals surface area contributed by atoms with Crippen molar-refractivity contribution in [1.82, 2.24) is 0 Å². The van der Waals surface area contributed by atoms with Crippen LogP contribution in [0.25, 0.3) is 0 Å². The lowest BCUT2D eigenvalue weighted by Crippen LogP contribution is -2.33. The number of unbranched alkanes of at least 4 members (excludes halogenated alkanes) is 1. The third kappa shape index (κ3) is 3.78. The van der Waals surface area contributed by atoms with E-state index in [1.54, 1.807) is 0 Å². The second kappa shape index (κ2) is 6.89. The quantitative estimate of drug-likeness (QED) is 0.804. The highest BCUT2D eigenvalue weighted by Crippen LogP contribution is 2.22. The van der Waals surface area contributed by atoms with Gasteiger partial charge in [-0.1, -0.05) is 43.5 Å². The molecule has 2 atom stereocenters. The summed E-state index contributed by atoms with van der Waals surface area (Å²) in [5.41, 5.74) is 13.2. The molecule has 0 amide bonds. The highest BCUT2D eigenvalue weighted by Gasteiger charge is 2.17. The highest BCUT2D eigenvalue weighted by molar-refractivity contribution is 6.30. The molecule has 1 rings (SSSR count). The van der Waals surface area contributed by atoms with Crippen LogP contribution in [0.5, 0.6) is 0 Å². The summed E-state index contributed by atoms with van der Waals surface area (Å²) < 4.78 is 0. The lowest BCUT2D eigenvalue weighted by atomic mass is 9.89. The smallest absolute Gasteiger partial charge is 0.0406 e. The van der Waals surface area contributed by atoms with E-state index in [1.165, 1.54) is 12.0 Å². The van der Waals surface area contributed by atoms with Gasteiger partial charge in [0.25, 0.3) is 0 Å². The van der Waals surface area contributed by atoms with Crippen LogP contribution in [0.3, 0.4) is 0 Å². The maximum absolute atomic E-state index is 6.17. The molecule has 0 radical (unpaired) electrons. The van der Waals surface area contributed by atoms with Crippen molar-refractivity contribution in [3.8, 4) is 0 Å². The summed E-state index contributed by atoms with van der Waals surface area (Å²) >= 11 is 5.86. The fraction of sp³-hybridized carbons (Fsp3) is 0.538. The van der Waals surface area contributed by atoms with E-state index < -0.39 is 0 Å². The standard InChI is InChI=1S/C13H21ClN2/c1-2-3-4-13(16)12(9-15)10-5-7-11(14)8-6-10/h5-8,12-13H,2-4,9,15-16H2,1H3. The summed E-state index contributed by atoms with van der Waals surface area (Å²) in [4.78, 5) is 0. The molecule has 0 bridgehead atoms. The van der Waals surface area contributed by atoms with Gasteiger partial charge in [0.2, 0.25) is 0 Å². The van der Waals surface area contributed by atoms with Crippen LogP contribution < -0.4 is 11.5 Å². The number of nitrogens with two attached hydrogens (primary N) is 2.